The number of nitrogen functional groups attached to an aromatic ring is 1. The number of nitrogens with two attached hydrogens (primary N) is 1. The van der Waals surface area contributed by atoms with Gasteiger partial charge in [-0.05, 0) is 30.7 Å². The molecule has 1 aliphatic rings. The van der Waals surface area contributed by atoms with E-state index in [1.807, 2.05) is 45.0 Å². The lowest BCUT2D eigenvalue weighted by Gasteiger charge is -2.29. The van der Waals surface area contributed by atoms with Crippen LogP contribution in [-0.2, 0) is 23.4 Å². The van der Waals surface area contributed by atoms with Crippen LogP contribution < -0.4 is 15.3 Å². The largest absolute Gasteiger partial charge is 0.464 e. The van der Waals surface area contributed by atoms with Crippen molar-refractivity contribution >= 4 is 41.5 Å². The van der Waals surface area contributed by atoms with Gasteiger partial charge in [-0.2, -0.15) is 5.09 Å². The van der Waals surface area contributed by atoms with Crippen LogP contribution >= 0.6 is 7.75 Å². The first-order valence-corrected chi connectivity index (χ1v) is 15.7. The number of carbonyl (C=O) groups is 1. The molecule has 1 fully saturated rings. The maximum Gasteiger partial charge on any atom is 0.459 e. The quantitative estimate of drug-likeness (QED) is 0.148. The van der Waals surface area contributed by atoms with E-state index in [4.69, 9.17) is 24.3 Å². The van der Waals surface area contributed by atoms with Gasteiger partial charge in [-0.1, -0.05) is 57.2 Å². The molecule has 3 heterocycles. The van der Waals surface area contributed by atoms with Gasteiger partial charge < -0.3 is 29.9 Å². The van der Waals surface area contributed by atoms with Gasteiger partial charge in [0, 0.05) is 5.39 Å². The minimum atomic E-state index is -4.38. The molecule has 4 aromatic rings. The first kappa shape index (κ1) is 31.8. The number of aliphatic hydroxyl groups excluding tert-OH is 2. The zero-order valence-electron chi connectivity index (χ0n) is 25.0. The Morgan fingerprint density at radius 3 is 2.59 bits per heavy atom. The van der Waals surface area contributed by atoms with Gasteiger partial charge in [0.15, 0.2) is 17.7 Å². The van der Waals surface area contributed by atoms with Crippen molar-refractivity contribution in [2.75, 3.05) is 12.3 Å². The Labute approximate surface area is 254 Å². The molecule has 0 aliphatic carbocycles. The highest BCUT2D eigenvalue weighted by Gasteiger charge is 2.49. The first-order valence-electron chi connectivity index (χ1n) is 14.1. The Kier molecular flexibility index (Phi) is 8.94. The van der Waals surface area contributed by atoms with Crippen molar-refractivity contribution in [3.63, 3.8) is 0 Å². The molecular formula is C29H37N6O8P. The fourth-order valence-corrected chi connectivity index (χ4v) is 6.54. The summed E-state index contributed by atoms with van der Waals surface area (Å²) in [5, 5.41) is 26.1. The molecule has 0 spiro atoms. The van der Waals surface area contributed by atoms with Crippen molar-refractivity contribution in [3.05, 3.63) is 55.1 Å². The van der Waals surface area contributed by atoms with E-state index in [0.717, 1.165) is 5.39 Å². The summed E-state index contributed by atoms with van der Waals surface area (Å²) in [6, 6.07) is 11.5. The minimum Gasteiger partial charge on any atom is -0.464 e. The molecule has 5 N–H and O–H groups in total. The number of anilines is 1. The molecule has 0 radical (unpaired) electrons. The molecule has 0 bridgehead atoms. The van der Waals surface area contributed by atoms with Crippen LogP contribution in [0, 0.1) is 5.41 Å². The van der Waals surface area contributed by atoms with Crippen LogP contribution in [0.1, 0.15) is 40.8 Å². The van der Waals surface area contributed by atoms with Crippen molar-refractivity contribution in [1.29, 1.82) is 0 Å². The molecule has 1 saturated heterocycles. The summed E-state index contributed by atoms with van der Waals surface area (Å²) < 4.78 is 39.3. The number of nitrogens with zero attached hydrogens (tertiary/aromatic N) is 4. The topological polar surface area (TPSA) is 193 Å². The number of hydrogen-bond donors (Lipinski definition) is 4. The second-order valence-corrected chi connectivity index (χ2v) is 13.6. The summed E-state index contributed by atoms with van der Waals surface area (Å²) in [6.45, 7) is 8.89. The summed E-state index contributed by atoms with van der Waals surface area (Å²) in [6.07, 6.45) is -3.71. The molecule has 7 atom stereocenters. The number of carbonyl (C=O) groups excluding carboxylic acids is 1. The number of aromatic nitrogens is 4. The number of hydrogen-bond acceptors (Lipinski definition) is 12. The molecule has 14 nitrogen and oxygen atoms in total. The van der Waals surface area contributed by atoms with E-state index in [1.54, 1.807) is 18.2 Å². The van der Waals surface area contributed by atoms with Crippen molar-refractivity contribution in [3.8, 4) is 5.75 Å². The van der Waals surface area contributed by atoms with Crippen molar-refractivity contribution in [1.82, 2.24) is 24.6 Å². The van der Waals surface area contributed by atoms with Gasteiger partial charge in [-0.15, -0.1) is 0 Å². The van der Waals surface area contributed by atoms with E-state index in [1.165, 1.54) is 31.1 Å². The summed E-state index contributed by atoms with van der Waals surface area (Å²) in [5.41, 5.74) is 6.20. The number of nitrogens with one attached hydrogen (secondary N) is 1. The SMILES string of the molecule is CC(NP(=O)(Oc1cccc2ccccc12)OC(C)[C@H]1O[C@@H](n2cnc3c(N)ncnc32)C(O)C1O)C(=O)OCC(C)(C)C. The molecule has 236 valence electrons. The van der Waals surface area contributed by atoms with E-state index >= 15 is 0 Å². The highest BCUT2D eigenvalue weighted by molar-refractivity contribution is 7.52. The number of esters is 1. The van der Waals surface area contributed by atoms with Crippen molar-refractivity contribution in [2.45, 2.75) is 71.3 Å². The van der Waals surface area contributed by atoms with Gasteiger partial charge in [0.05, 0.1) is 19.0 Å². The number of aliphatic hydroxyl groups is 2. The molecule has 1 aliphatic heterocycles. The van der Waals surface area contributed by atoms with Gasteiger partial charge in [-0.25, -0.2) is 19.5 Å². The lowest BCUT2D eigenvalue weighted by molar-refractivity contribution is -0.148. The van der Waals surface area contributed by atoms with Crippen LogP contribution in [0.25, 0.3) is 21.9 Å². The van der Waals surface area contributed by atoms with Gasteiger partial charge in [-0.3, -0.25) is 13.9 Å². The maximum atomic E-state index is 14.4. The fraction of sp³-hybridized carbons (Fsp3) is 0.448. The molecule has 44 heavy (non-hydrogen) atoms. The number of ether oxygens (including phenoxy) is 2. The van der Waals surface area contributed by atoms with E-state index < -0.39 is 50.4 Å². The van der Waals surface area contributed by atoms with Crippen LogP contribution in [-0.4, -0.2) is 72.8 Å². The smallest absolute Gasteiger partial charge is 0.459 e. The lowest BCUT2D eigenvalue weighted by Crippen LogP contribution is -2.41. The molecular weight excluding hydrogens is 591 g/mol. The highest BCUT2D eigenvalue weighted by atomic mass is 31.2. The minimum absolute atomic E-state index is 0.141. The Morgan fingerprint density at radius 2 is 1.84 bits per heavy atom. The molecule has 5 unspecified atom stereocenters. The molecule has 0 amide bonds. The standard InChI is InChI=1S/C29H37N6O8P/c1-16(28(38)40-13-29(3,4)5)34-44(39,43-20-12-8-10-18-9-6-7-11-19(18)20)42-17(2)24-22(36)23(37)27(41-24)35-15-33-21-25(30)31-14-32-26(21)35/h6-12,14-17,22-24,27,36-37H,13H2,1-5H3,(H,34,39)(H2,30,31,32)/t16?,17?,22?,23?,24-,27-,44?/m1/s1. The third-order valence-corrected chi connectivity index (χ3v) is 8.78. The third-order valence-electron chi connectivity index (χ3n) is 7.03. The number of benzene rings is 2. The van der Waals surface area contributed by atoms with E-state index in [0.29, 0.717) is 10.9 Å². The van der Waals surface area contributed by atoms with Gasteiger partial charge in [0.1, 0.15) is 41.9 Å². The van der Waals surface area contributed by atoms with Crippen LogP contribution in [0.15, 0.2) is 55.1 Å². The number of fused-ring (bicyclic) bond motifs is 2. The van der Waals surface area contributed by atoms with E-state index in [9.17, 15) is 19.6 Å². The normalized spacial score (nSPS) is 23.3. The summed E-state index contributed by atoms with van der Waals surface area (Å²) in [5.74, 6) is -0.268. The Morgan fingerprint density at radius 1 is 1.11 bits per heavy atom. The predicted octanol–water partition coefficient (Wildman–Crippen LogP) is 3.34. The highest BCUT2D eigenvalue weighted by Crippen LogP contribution is 2.49. The lowest BCUT2D eigenvalue weighted by atomic mass is 9.99. The third kappa shape index (κ3) is 6.70. The Bertz CT molecular complexity index is 1690. The summed E-state index contributed by atoms with van der Waals surface area (Å²) in [4.78, 5) is 25.1. The van der Waals surface area contributed by atoms with Gasteiger partial charge in [0.25, 0.3) is 0 Å². The van der Waals surface area contributed by atoms with E-state index in [-0.39, 0.29) is 29.2 Å². The molecule has 2 aromatic heterocycles. The first-order chi connectivity index (χ1) is 20.8. The van der Waals surface area contributed by atoms with Crippen LogP contribution in [0.3, 0.4) is 0 Å². The molecule has 15 heteroatoms. The Hall–Kier alpha value is -3.65. The van der Waals surface area contributed by atoms with Gasteiger partial charge >= 0.3 is 13.7 Å². The average Bonchev–Trinajstić information content (AvgIpc) is 3.52. The van der Waals surface area contributed by atoms with Gasteiger partial charge in [0.2, 0.25) is 0 Å². The zero-order chi connectivity index (χ0) is 31.8. The van der Waals surface area contributed by atoms with E-state index in [2.05, 4.69) is 20.0 Å². The fourth-order valence-electron chi connectivity index (χ4n) is 4.82. The van der Waals surface area contributed by atoms with Crippen LogP contribution in [0.2, 0.25) is 0 Å². The summed E-state index contributed by atoms with van der Waals surface area (Å²) in [7, 11) is -4.38. The summed E-state index contributed by atoms with van der Waals surface area (Å²) >= 11 is 0. The average molecular weight is 629 g/mol. The monoisotopic (exact) mass is 628 g/mol. The second kappa shape index (κ2) is 12.4. The molecule has 0 saturated carbocycles. The maximum absolute atomic E-state index is 14.4. The molecule has 2 aromatic carbocycles. The second-order valence-electron chi connectivity index (χ2n) is 12.0. The predicted molar refractivity (Wildman–Crippen MR) is 161 cm³/mol. The Balaban J connectivity index is 1.40. The van der Waals surface area contributed by atoms with Crippen LogP contribution in [0.4, 0.5) is 5.82 Å². The van der Waals surface area contributed by atoms with Crippen molar-refractivity contribution < 1.29 is 38.1 Å². The molecule has 5 rings (SSSR count). The van der Waals surface area contributed by atoms with Crippen LogP contribution in [0.5, 0.6) is 5.75 Å². The zero-order valence-corrected chi connectivity index (χ0v) is 25.9. The number of imidazole rings is 1. The number of rotatable bonds is 10. The van der Waals surface area contributed by atoms with Crippen molar-refractivity contribution in [2.24, 2.45) is 5.41 Å².